The van der Waals surface area contributed by atoms with E-state index in [-0.39, 0.29) is 5.78 Å². The number of nitrogens with one attached hydrogen (secondary N) is 1. The smallest absolute Gasteiger partial charge is 0.160 e. The largest absolute Gasteiger partial charge is 0.349 e. The van der Waals surface area contributed by atoms with E-state index in [1.807, 2.05) is 13.0 Å². The van der Waals surface area contributed by atoms with Gasteiger partial charge in [-0.3, -0.25) is 4.79 Å². The third kappa shape index (κ3) is 2.22. The molecule has 0 aliphatic heterocycles. The number of ketones is 1. The van der Waals surface area contributed by atoms with Crippen molar-refractivity contribution >= 4 is 32.6 Å². The van der Waals surface area contributed by atoms with Crippen LogP contribution in [0.2, 0.25) is 0 Å². The van der Waals surface area contributed by atoms with E-state index in [1.54, 1.807) is 6.92 Å². The van der Waals surface area contributed by atoms with Crippen molar-refractivity contribution in [3.8, 4) is 0 Å². The minimum atomic E-state index is 0.134. The van der Waals surface area contributed by atoms with Gasteiger partial charge in [0.25, 0.3) is 0 Å². The number of rotatable bonds is 2. The summed E-state index contributed by atoms with van der Waals surface area (Å²) in [4.78, 5) is 15.1. The predicted molar refractivity (Wildman–Crippen MR) is 86.6 cm³/mol. The summed E-state index contributed by atoms with van der Waals surface area (Å²) in [6.07, 6.45) is 6.57. The average Bonchev–Trinajstić information content (AvgIpc) is 2.77. The van der Waals surface area contributed by atoms with Gasteiger partial charge >= 0.3 is 0 Å². The summed E-state index contributed by atoms with van der Waals surface area (Å²) >= 11 is 3.70. The zero-order valence-corrected chi connectivity index (χ0v) is 13.6. The van der Waals surface area contributed by atoms with Gasteiger partial charge in [-0.25, -0.2) is 0 Å². The number of H-pyrrole nitrogens is 1. The number of carbonyl (C=O) groups excluding carboxylic acids is 1. The number of Topliss-reactive ketones (excluding diaryl/α,β-unsaturated/α-hetero) is 1. The number of halogens is 1. The Hall–Kier alpha value is -1.09. The van der Waals surface area contributed by atoms with Crippen LogP contribution in [-0.4, -0.2) is 10.8 Å². The molecule has 1 aromatic heterocycles. The zero-order chi connectivity index (χ0) is 14.3. The van der Waals surface area contributed by atoms with Crippen LogP contribution in [0, 0.1) is 6.92 Å². The lowest BCUT2D eigenvalue weighted by atomic mass is 9.83. The maximum absolute atomic E-state index is 11.7. The Bertz CT molecular complexity index is 665. The first kappa shape index (κ1) is 13.9. The number of aryl methyl sites for hydroxylation is 1. The minimum absolute atomic E-state index is 0.134. The summed E-state index contributed by atoms with van der Waals surface area (Å²) in [5, 5.41) is 1.28. The van der Waals surface area contributed by atoms with Gasteiger partial charge in [0.05, 0.1) is 10.1 Å². The van der Waals surface area contributed by atoms with Crippen LogP contribution in [0.3, 0.4) is 0 Å². The Morgan fingerprint density at radius 2 is 1.95 bits per heavy atom. The van der Waals surface area contributed by atoms with Gasteiger partial charge in [0.2, 0.25) is 0 Å². The van der Waals surface area contributed by atoms with Crippen LogP contribution < -0.4 is 0 Å². The minimum Gasteiger partial charge on any atom is -0.349 e. The highest BCUT2D eigenvalue weighted by Crippen LogP contribution is 2.41. The van der Waals surface area contributed by atoms with Crippen LogP contribution in [0.1, 0.15) is 66.4 Å². The number of aromatic nitrogens is 1. The molecule has 0 radical (unpaired) electrons. The molecule has 1 fully saturated rings. The van der Waals surface area contributed by atoms with Gasteiger partial charge in [-0.15, -0.1) is 0 Å². The van der Waals surface area contributed by atoms with E-state index in [2.05, 4.69) is 27.0 Å². The molecule has 2 nitrogen and oxygen atoms in total. The molecule has 1 saturated carbocycles. The van der Waals surface area contributed by atoms with E-state index in [0.717, 1.165) is 21.2 Å². The summed E-state index contributed by atoms with van der Waals surface area (Å²) in [7, 11) is 0. The zero-order valence-electron chi connectivity index (χ0n) is 12.1. The highest BCUT2D eigenvalue weighted by atomic mass is 79.9. The monoisotopic (exact) mass is 333 g/mol. The van der Waals surface area contributed by atoms with E-state index >= 15 is 0 Å². The number of carbonyl (C=O) groups is 1. The third-order valence-electron chi connectivity index (χ3n) is 4.62. The maximum Gasteiger partial charge on any atom is 0.160 e. The van der Waals surface area contributed by atoms with Crippen LogP contribution in [0.5, 0.6) is 0 Å². The molecule has 3 heteroatoms. The Morgan fingerprint density at radius 1 is 1.25 bits per heavy atom. The molecule has 0 atom stereocenters. The Kier molecular flexibility index (Phi) is 3.72. The quantitative estimate of drug-likeness (QED) is 0.724. The first-order valence-corrected chi connectivity index (χ1v) is 8.20. The lowest BCUT2D eigenvalue weighted by molar-refractivity contribution is 0.101. The van der Waals surface area contributed by atoms with Gasteiger partial charge in [-0.1, -0.05) is 31.4 Å². The van der Waals surface area contributed by atoms with Gasteiger partial charge < -0.3 is 4.98 Å². The first-order valence-electron chi connectivity index (χ1n) is 7.41. The fraction of sp³-hybridized carbons (Fsp3) is 0.471. The second kappa shape index (κ2) is 5.36. The van der Waals surface area contributed by atoms with Crippen LogP contribution in [-0.2, 0) is 0 Å². The molecule has 106 valence electrons. The van der Waals surface area contributed by atoms with Crippen molar-refractivity contribution in [3.63, 3.8) is 0 Å². The Morgan fingerprint density at radius 3 is 2.60 bits per heavy atom. The molecule has 1 N–H and O–H groups in total. The van der Waals surface area contributed by atoms with Crippen LogP contribution in [0.4, 0.5) is 0 Å². The number of fused-ring (bicyclic) bond motifs is 1. The Labute approximate surface area is 128 Å². The van der Waals surface area contributed by atoms with E-state index in [4.69, 9.17) is 0 Å². The second-order valence-corrected chi connectivity index (χ2v) is 6.70. The molecular weight excluding hydrogens is 314 g/mol. The molecule has 0 spiro atoms. The standard InChI is InChI=1S/C17H20BrNO/c1-10-13(11(2)20)8-9-14-15(17(18)19-16(10)14)12-6-4-3-5-7-12/h8-9,12,19H,3-7H2,1-2H3. The van der Waals surface area contributed by atoms with Crippen molar-refractivity contribution in [1.29, 1.82) is 0 Å². The van der Waals surface area contributed by atoms with Crippen molar-refractivity contribution < 1.29 is 4.79 Å². The van der Waals surface area contributed by atoms with Gasteiger partial charge in [0.1, 0.15) is 0 Å². The lowest BCUT2D eigenvalue weighted by Crippen LogP contribution is -2.04. The summed E-state index contributed by atoms with van der Waals surface area (Å²) in [6, 6.07) is 4.09. The van der Waals surface area contributed by atoms with Crippen molar-refractivity contribution in [3.05, 3.63) is 33.4 Å². The highest BCUT2D eigenvalue weighted by molar-refractivity contribution is 9.10. The van der Waals surface area contributed by atoms with Crippen molar-refractivity contribution in [2.75, 3.05) is 0 Å². The Balaban J connectivity index is 2.16. The van der Waals surface area contributed by atoms with E-state index in [1.165, 1.54) is 43.1 Å². The molecule has 20 heavy (non-hydrogen) atoms. The van der Waals surface area contributed by atoms with E-state index in [9.17, 15) is 4.79 Å². The molecule has 0 amide bonds. The molecule has 2 aromatic rings. The molecular formula is C17H20BrNO. The van der Waals surface area contributed by atoms with Crippen LogP contribution in [0.15, 0.2) is 16.7 Å². The molecule has 0 unspecified atom stereocenters. The van der Waals surface area contributed by atoms with Gasteiger partial charge in [0.15, 0.2) is 5.78 Å². The molecule has 0 saturated heterocycles. The topological polar surface area (TPSA) is 32.9 Å². The van der Waals surface area contributed by atoms with Gasteiger partial charge in [-0.05, 0) is 59.7 Å². The van der Waals surface area contributed by atoms with E-state index < -0.39 is 0 Å². The molecule has 1 aliphatic carbocycles. The van der Waals surface area contributed by atoms with Crippen molar-refractivity contribution in [2.24, 2.45) is 0 Å². The third-order valence-corrected chi connectivity index (χ3v) is 5.24. The summed E-state index contributed by atoms with van der Waals surface area (Å²) in [5.74, 6) is 0.781. The first-order chi connectivity index (χ1) is 9.59. The number of benzene rings is 1. The fourth-order valence-corrected chi connectivity index (χ4v) is 4.30. The number of hydrogen-bond acceptors (Lipinski definition) is 1. The van der Waals surface area contributed by atoms with Crippen LogP contribution in [0.25, 0.3) is 10.9 Å². The molecule has 1 aliphatic rings. The highest BCUT2D eigenvalue weighted by Gasteiger charge is 2.23. The normalized spacial score (nSPS) is 16.8. The van der Waals surface area contributed by atoms with Crippen LogP contribution >= 0.6 is 15.9 Å². The van der Waals surface area contributed by atoms with Gasteiger partial charge in [0, 0.05) is 10.9 Å². The summed E-state index contributed by atoms with van der Waals surface area (Å²) in [6.45, 7) is 3.67. The predicted octanol–water partition coefficient (Wildman–Crippen LogP) is 5.49. The van der Waals surface area contributed by atoms with Crippen molar-refractivity contribution in [2.45, 2.75) is 51.9 Å². The number of aromatic amines is 1. The van der Waals surface area contributed by atoms with E-state index in [0.29, 0.717) is 5.92 Å². The average molecular weight is 334 g/mol. The lowest BCUT2D eigenvalue weighted by Gasteiger charge is -2.22. The summed E-state index contributed by atoms with van der Waals surface area (Å²) < 4.78 is 1.10. The molecule has 1 aromatic carbocycles. The SMILES string of the molecule is CC(=O)c1ccc2c(C3CCCCC3)c(Br)[nH]c2c1C. The van der Waals surface area contributed by atoms with Crippen molar-refractivity contribution in [1.82, 2.24) is 4.98 Å². The fourth-order valence-electron chi connectivity index (χ4n) is 3.56. The van der Waals surface area contributed by atoms with Gasteiger partial charge in [-0.2, -0.15) is 0 Å². The number of hydrogen-bond donors (Lipinski definition) is 1. The summed E-state index contributed by atoms with van der Waals surface area (Å²) in [5.41, 5.74) is 4.42. The maximum atomic E-state index is 11.7. The molecule has 3 rings (SSSR count). The molecule has 1 heterocycles. The second-order valence-electron chi connectivity index (χ2n) is 5.90. The molecule has 0 bridgehead atoms.